The van der Waals surface area contributed by atoms with Crippen molar-refractivity contribution in [3.8, 4) is 11.6 Å². The zero-order valence-electron chi connectivity index (χ0n) is 16.5. The summed E-state index contributed by atoms with van der Waals surface area (Å²) in [7, 11) is 1.78. The van der Waals surface area contributed by atoms with Gasteiger partial charge in [0.25, 0.3) is 0 Å². The topological polar surface area (TPSA) is 67.8 Å². The number of ether oxygens (including phenoxy) is 2. The lowest BCUT2D eigenvalue weighted by atomic mass is 10.1. The first-order valence-electron chi connectivity index (χ1n) is 9.56. The predicted molar refractivity (Wildman–Crippen MR) is 123 cm³/mol. The summed E-state index contributed by atoms with van der Waals surface area (Å²) >= 11 is 0. The van der Waals surface area contributed by atoms with Gasteiger partial charge in [-0.15, -0.1) is 24.0 Å². The van der Waals surface area contributed by atoms with E-state index in [9.17, 15) is 0 Å². The number of nitrogens with one attached hydrogen (secondary N) is 2. The lowest BCUT2D eigenvalue weighted by Crippen LogP contribution is -2.38. The second-order valence-electron chi connectivity index (χ2n) is 6.46. The average Bonchev–Trinajstić information content (AvgIpc) is 3.17. The molecule has 1 aliphatic rings. The summed E-state index contributed by atoms with van der Waals surface area (Å²) in [6.07, 6.45) is 4.66. The van der Waals surface area contributed by atoms with E-state index in [-0.39, 0.29) is 24.0 Å². The normalized spacial score (nSPS) is 12.6. The van der Waals surface area contributed by atoms with E-state index in [1.165, 1.54) is 11.1 Å². The smallest absolute Gasteiger partial charge is 0.218 e. The van der Waals surface area contributed by atoms with Gasteiger partial charge in [-0.25, -0.2) is 4.98 Å². The molecule has 1 aromatic heterocycles. The summed E-state index contributed by atoms with van der Waals surface area (Å²) < 4.78 is 11.3. The molecule has 0 saturated carbocycles. The summed E-state index contributed by atoms with van der Waals surface area (Å²) in [5.41, 5.74) is 3.64. The molecule has 3 rings (SSSR count). The molecule has 0 radical (unpaired) electrons. The lowest BCUT2D eigenvalue weighted by molar-refractivity contribution is 0.301. The highest BCUT2D eigenvalue weighted by Gasteiger charge is 2.12. The third kappa shape index (κ3) is 6.25. The molecule has 0 fully saturated rings. The molecule has 28 heavy (non-hydrogen) atoms. The van der Waals surface area contributed by atoms with Gasteiger partial charge in [0.2, 0.25) is 5.88 Å². The van der Waals surface area contributed by atoms with Gasteiger partial charge in [0.1, 0.15) is 5.75 Å². The van der Waals surface area contributed by atoms with Crippen LogP contribution in [0.25, 0.3) is 0 Å². The quantitative estimate of drug-likeness (QED) is 0.334. The second kappa shape index (κ2) is 11.7. The molecule has 152 valence electrons. The molecule has 0 unspecified atom stereocenters. The van der Waals surface area contributed by atoms with Crippen molar-refractivity contribution in [2.24, 2.45) is 4.99 Å². The number of hydrogen-bond donors (Lipinski definition) is 2. The first kappa shape index (κ1) is 22.3. The fraction of sp³-hybridized carbons (Fsp3) is 0.429. The minimum absolute atomic E-state index is 0. The van der Waals surface area contributed by atoms with E-state index in [0.29, 0.717) is 19.0 Å². The van der Waals surface area contributed by atoms with Crippen LogP contribution < -0.4 is 20.1 Å². The Balaban J connectivity index is 0.00000280. The van der Waals surface area contributed by atoms with E-state index < -0.39 is 0 Å². The van der Waals surface area contributed by atoms with Crippen LogP contribution in [0.15, 0.2) is 41.5 Å². The number of aromatic nitrogens is 1. The van der Waals surface area contributed by atoms with Crippen molar-refractivity contribution < 1.29 is 9.47 Å². The fourth-order valence-electron chi connectivity index (χ4n) is 3.01. The molecule has 1 aliphatic heterocycles. The van der Waals surface area contributed by atoms with Crippen molar-refractivity contribution in [3.05, 3.63) is 53.2 Å². The number of benzene rings is 1. The summed E-state index contributed by atoms with van der Waals surface area (Å²) in [5.74, 6) is 2.48. The maximum atomic E-state index is 5.71. The summed E-state index contributed by atoms with van der Waals surface area (Å²) in [4.78, 5) is 8.61. The zero-order valence-corrected chi connectivity index (χ0v) is 18.9. The maximum Gasteiger partial charge on any atom is 0.218 e. The van der Waals surface area contributed by atoms with E-state index >= 15 is 0 Å². The van der Waals surface area contributed by atoms with E-state index in [1.807, 2.05) is 12.1 Å². The molecule has 6 nitrogen and oxygen atoms in total. The highest BCUT2D eigenvalue weighted by atomic mass is 127. The van der Waals surface area contributed by atoms with Crippen LogP contribution in [0, 0.1) is 0 Å². The van der Waals surface area contributed by atoms with Crippen LogP contribution in [0.5, 0.6) is 11.6 Å². The molecule has 0 spiro atoms. The van der Waals surface area contributed by atoms with Gasteiger partial charge in [0, 0.05) is 38.3 Å². The Bertz CT molecular complexity index is 783. The van der Waals surface area contributed by atoms with Crippen LogP contribution in [0.2, 0.25) is 0 Å². The van der Waals surface area contributed by atoms with Gasteiger partial charge >= 0.3 is 0 Å². The van der Waals surface area contributed by atoms with Gasteiger partial charge in [-0.1, -0.05) is 25.1 Å². The summed E-state index contributed by atoms with van der Waals surface area (Å²) in [6, 6.07) is 10.4. The largest absolute Gasteiger partial charge is 0.493 e. The molecular weight excluding hydrogens is 467 g/mol. The van der Waals surface area contributed by atoms with E-state index in [1.54, 1.807) is 13.2 Å². The molecule has 1 aromatic carbocycles. The minimum atomic E-state index is 0. The third-order valence-electron chi connectivity index (χ3n) is 4.42. The van der Waals surface area contributed by atoms with Gasteiger partial charge in [-0.3, -0.25) is 4.99 Å². The van der Waals surface area contributed by atoms with Gasteiger partial charge in [-0.05, 0) is 36.1 Å². The number of fused-ring (bicyclic) bond motifs is 1. The van der Waals surface area contributed by atoms with Crippen LogP contribution >= 0.6 is 24.0 Å². The minimum Gasteiger partial charge on any atom is -0.493 e. The van der Waals surface area contributed by atoms with Gasteiger partial charge < -0.3 is 20.1 Å². The number of rotatable bonds is 8. The number of pyridine rings is 1. The SMILES string of the molecule is CCCOc1ncccc1CNC(=NC)NCCc1ccc2c(c1)CCO2.I. The highest BCUT2D eigenvalue weighted by Crippen LogP contribution is 2.25. The molecule has 0 saturated heterocycles. The van der Waals surface area contributed by atoms with E-state index in [4.69, 9.17) is 9.47 Å². The molecule has 2 heterocycles. The fourth-order valence-corrected chi connectivity index (χ4v) is 3.01. The van der Waals surface area contributed by atoms with Crippen molar-refractivity contribution in [2.75, 3.05) is 26.8 Å². The van der Waals surface area contributed by atoms with Crippen LogP contribution in [0.4, 0.5) is 0 Å². The van der Waals surface area contributed by atoms with Crippen LogP contribution in [0.3, 0.4) is 0 Å². The van der Waals surface area contributed by atoms with Crippen molar-refractivity contribution in [3.63, 3.8) is 0 Å². The first-order chi connectivity index (χ1) is 13.3. The van der Waals surface area contributed by atoms with Crippen molar-refractivity contribution in [1.82, 2.24) is 15.6 Å². The lowest BCUT2D eigenvalue weighted by Gasteiger charge is -2.14. The highest BCUT2D eigenvalue weighted by molar-refractivity contribution is 14.0. The third-order valence-corrected chi connectivity index (χ3v) is 4.42. The first-order valence-corrected chi connectivity index (χ1v) is 9.56. The number of guanidine groups is 1. The van der Waals surface area contributed by atoms with Crippen molar-refractivity contribution in [1.29, 1.82) is 0 Å². The second-order valence-corrected chi connectivity index (χ2v) is 6.46. The Hall–Kier alpha value is -2.03. The van der Waals surface area contributed by atoms with Gasteiger partial charge in [0.05, 0.1) is 13.2 Å². The van der Waals surface area contributed by atoms with Crippen LogP contribution in [0.1, 0.15) is 30.0 Å². The van der Waals surface area contributed by atoms with Gasteiger partial charge in [-0.2, -0.15) is 0 Å². The monoisotopic (exact) mass is 496 g/mol. The average molecular weight is 496 g/mol. The summed E-state index contributed by atoms with van der Waals surface area (Å²) in [5, 5.41) is 6.69. The molecule has 2 aromatic rings. The Kier molecular flexibility index (Phi) is 9.33. The number of nitrogens with zero attached hydrogens (tertiary/aromatic N) is 2. The molecule has 0 aliphatic carbocycles. The Morgan fingerprint density at radius 2 is 2.18 bits per heavy atom. The molecule has 0 atom stereocenters. The van der Waals surface area contributed by atoms with E-state index in [2.05, 4.69) is 45.7 Å². The summed E-state index contributed by atoms with van der Waals surface area (Å²) in [6.45, 7) is 4.98. The molecule has 0 bridgehead atoms. The molecule has 0 amide bonds. The maximum absolute atomic E-state index is 5.71. The van der Waals surface area contributed by atoms with Crippen LogP contribution in [-0.2, 0) is 19.4 Å². The van der Waals surface area contributed by atoms with Crippen LogP contribution in [-0.4, -0.2) is 37.7 Å². The Morgan fingerprint density at radius 1 is 1.29 bits per heavy atom. The van der Waals surface area contributed by atoms with Crippen molar-refractivity contribution in [2.45, 2.75) is 32.7 Å². The van der Waals surface area contributed by atoms with Crippen molar-refractivity contribution >= 4 is 29.9 Å². The number of hydrogen-bond acceptors (Lipinski definition) is 4. The molecular formula is C21H29IN4O2. The standard InChI is InChI=1S/C21H28N4O2.HI/c1-3-12-27-20-18(5-4-10-23-20)15-25-21(22-2)24-11-8-16-6-7-19-17(14-16)9-13-26-19;/h4-7,10,14H,3,8-9,11-13,15H2,1-2H3,(H2,22,24,25);1H. The number of halogens is 1. The number of aliphatic imine (C=N–C) groups is 1. The zero-order chi connectivity index (χ0) is 18.9. The molecule has 7 heteroatoms. The molecule has 2 N–H and O–H groups in total. The Labute approximate surface area is 184 Å². The van der Waals surface area contributed by atoms with Gasteiger partial charge in [0.15, 0.2) is 5.96 Å². The van der Waals surface area contributed by atoms with E-state index in [0.717, 1.165) is 49.7 Å². The predicted octanol–water partition coefficient (Wildman–Crippen LogP) is 3.33. The Morgan fingerprint density at radius 3 is 3.00 bits per heavy atom.